The Morgan fingerprint density at radius 3 is 2.57 bits per heavy atom. The van der Waals surface area contributed by atoms with Crippen molar-refractivity contribution in [3.8, 4) is 0 Å². The molecular weight excluding hydrogens is 290 g/mol. The summed E-state index contributed by atoms with van der Waals surface area (Å²) in [6, 6.07) is 1.46. The summed E-state index contributed by atoms with van der Waals surface area (Å²) in [5.41, 5.74) is 0.920. The van der Waals surface area contributed by atoms with Gasteiger partial charge in [-0.05, 0) is 26.0 Å². The van der Waals surface area contributed by atoms with Crippen LogP contribution in [0.3, 0.4) is 0 Å². The molecule has 7 heteroatoms. The van der Waals surface area contributed by atoms with Crippen LogP contribution >= 0.6 is 0 Å². The summed E-state index contributed by atoms with van der Waals surface area (Å²) in [6.07, 6.45) is 1.63. The third-order valence-corrected chi connectivity index (χ3v) is 4.82. The standard InChI is InChI=1S/C14H27N3O3S/c1-6-20-10-14(11(2)3)16-21(18,19)13-7-12(8-15-4)17(5)9-13/h7,9,11,14-16H,6,8,10H2,1-5H3. The van der Waals surface area contributed by atoms with Crippen LogP contribution in [0.2, 0.25) is 0 Å². The van der Waals surface area contributed by atoms with Crippen LogP contribution in [0.15, 0.2) is 17.2 Å². The molecule has 0 amide bonds. The van der Waals surface area contributed by atoms with E-state index < -0.39 is 10.0 Å². The first-order chi connectivity index (χ1) is 9.81. The van der Waals surface area contributed by atoms with E-state index in [1.807, 2.05) is 39.4 Å². The minimum Gasteiger partial charge on any atom is -0.380 e. The molecule has 1 rings (SSSR count). The van der Waals surface area contributed by atoms with E-state index in [4.69, 9.17) is 4.74 Å². The van der Waals surface area contributed by atoms with Crippen molar-refractivity contribution >= 4 is 10.0 Å². The smallest absolute Gasteiger partial charge is 0.242 e. The maximum absolute atomic E-state index is 12.5. The van der Waals surface area contributed by atoms with Gasteiger partial charge in [0.15, 0.2) is 0 Å². The minimum atomic E-state index is -3.53. The highest BCUT2D eigenvalue weighted by Gasteiger charge is 2.24. The lowest BCUT2D eigenvalue weighted by molar-refractivity contribution is 0.116. The number of hydrogen-bond donors (Lipinski definition) is 2. The van der Waals surface area contributed by atoms with E-state index in [2.05, 4.69) is 10.0 Å². The zero-order valence-electron chi connectivity index (χ0n) is 13.5. The van der Waals surface area contributed by atoms with Gasteiger partial charge >= 0.3 is 0 Å². The Labute approximate surface area is 127 Å². The van der Waals surface area contributed by atoms with E-state index in [0.29, 0.717) is 19.8 Å². The van der Waals surface area contributed by atoms with Gasteiger partial charge in [-0.3, -0.25) is 0 Å². The topological polar surface area (TPSA) is 72.4 Å². The lowest BCUT2D eigenvalue weighted by Gasteiger charge is -2.21. The van der Waals surface area contributed by atoms with Crippen LogP contribution in [0.5, 0.6) is 0 Å². The Morgan fingerprint density at radius 1 is 1.38 bits per heavy atom. The van der Waals surface area contributed by atoms with E-state index in [1.54, 1.807) is 12.3 Å². The number of aryl methyl sites for hydroxylation is 1. The quantitative estimate of drug-likeness (QED) is 0.715. The molecular formula is C14H27N3O3S. The van der Waals surface area contributed by atoms with Gasteiger partial charge in [0.05, 0.1) is 11.5 Å². The molecule has 1 aromatic rings. The fraction of sp³-hybridized carbons (Fsp3) is 0.714. The predicted octanol–water partition coefficient (Wildman–Crippen LogP) is 1.08. The average Bonchev–Trinajstić information content (AvgIpc) is 2.77. The van der Waals surface area contributed by atoms with Crippen LogP contribution in [0.4, 0.5) is 0 Å². The van der Waals surface area contributed by atoms with Gasteiger partial charge in [0.1, 0.15) is 0 Å². The number of sulfonamides is 1. The van der Waals surface area contributed by atoms with Crippen LogP contribution in [-0.2, 0) is 28.4 Å². The summed E-state index contributed by atoms with van der Waals surface area (Å²) in [6.45, 7) is 7.42. The van der Waals surface area contributed by atoms with Crippen molar-refractivity contribution in [2.24, 2.45) is 13.0 Å². The molecule has 122 valence electrons. The Kier molecular flexibility index (Phi) is 6.86. The highest BCUT2D eigenvalue weighted by Crippen LogP contribution is 2.15. The van der Waals surface area contributed by atoms with Crippen LogP contribution in [0.25, 0.3) is 0 Å². The molecule has 6 nitrogen and oxygen atoms in total. The molecule has 1 aromatic heterocycles. The monoisotopic (exact) mass is 317 g/mol. The molecule has 1 unspecified atom stereocenters. The number of ether oxygens (including phenoxy) is 1. The van der Waals surface area contributed by atoms with Crippen LogP contribution in [0, 0.1) is 5.92 Å². The van der Waals surface area contributed by atoms with Crippen molar-refractivity contribution < 1.29 is 13.2 Å². The molecule has 0 aliphatic rings. The van der Waals surface area contributed by atoms with Gasteiger partial charge < -0.3 is 14.6 Å². The summed E-state index contributed by atoms with van der Waals surface area (Å²) in [5, 5.41) is 3.02. The van der Waals surface area contributed by atoms with Gasteiger partial charge in [-0.25, -0.2) is 13.1 Å². The second kappa shape index (κ2) is 7.93. The minimum absolute atomic E-state index is 0.159. The summed E-state index contributed by atoms with van der Waals surface area (Å²) >= 11 is 0. The van der Waals surface area contributed by atoms with Crippen molar-refractivity contribution in [1.29, 1.82) is 0 Å². The van der Waals surface area contributed by atoms with E-state index in [1.165, 1.54) is 0 Å². The van der Waals surface area contributed by atoms with Crippen LogP contribution in [0.1, 0.15) is 26.5 Å². The highest BCUT2D eigenvalue weighted by atomic mass is 32.2. The molecule has 0 fully saturated rings. The molecule has 2 N–H and O–H groups in total. The van der Waals surface area contributed by atoms with Crippen molar-refractivity contribution in [1.82, 2.24) is 14.6 Å². The van der Waals surface area contributed by atoms with Crippen molar-refractivity contribution in [3.05, 3.63) is 18.0 Å². The molecule has 0 bridgehead atoms. The molecule has 0 saturated carbocycles. The summed E-state index contributed by atoms with van der Waals surface area (Å²) in [5.74, 6) is 0.159. The largest absolute Gasteiger partial charge is 0.380 e. The van der Waals surface area contributed by atoms with Crippen molar-refractivity contribution in [2.45, 2.75) is 38.3 Å². The first kappa shape index (κ1) is 18.2. The Morgan fingerprint density at radius 2 is 2.05 bits per heavy atom. The molecule has 0 spiro atoms. The highest BCUT2D eigenvalue weighted by molar-refractivity contribution is 7.89. The summed E-state index contributed by atoms with van der Waals surface area (Å²) < 4.78 is 34.9. The summed E-state index contributed by atoms with van der Waals surface area (Å²) in [7, 11) is 0.135. The van der Waals surface area contributed by atoms with Gasteiger partial charge in [-0.1, -0.05) is 13.8 Å². The lowest BCUT2D eigenvalue weighted by atomic mass is 10.1. The first-order valence-corrected chi connectivity index (χ1v) is 8.70. The van der Waals surface area contributed by atoms with Crippen LogP contribution in [-0.4, -0.2) is 39.3 Å². The number of hydrogen-bond acceptors (Lipinski definition) is 4. The van der Waals surface area contributed by atoms with Gasteiger partial charge in [-0.15, -0.1) is 0 Å². The van der Waals surface area contributed by atoms with E-state index in [0.717, 1.165) is 5.69 Å². The zero-order valence-corrected chi connectivity index (χ0v) is 14.3. The van der Waals surface area contributed by atoms with Crippen LogP contribution < -0.4 is 10.0 Å². The lowest BCUT2D eigenvalue weighted by Crippen LogP contribution is -2.41. The molecule has 0 saturated heterocycles. The number of nitrogens with one attached hydrogen (secondary N) is 2. The fourth-order valence-corrected chi connectivity index (χ4v) is 3.42. The second-order valence-corrected chi connectivity index (χ2v) is 7.15. The van der Waals surface area contributed by atoms with E-state index >= 15 is 0 Å². The fourth-order valence-electron chi connectivity index (χ4n) is 1.96. The SMILES string of the molecule is CCOCC(NS(=O)(=O)c1cc(CNC)n(C)c1)C(C)C. The predicted molar refractivity (Wildman–Crippen MR) is 83.6 cm³/mol. The molecule has 0 aromatic carbocycles. The number of aromatic nitrogens is 1. The average molecular weight is 317 g/mol. The maximum atomic E-state index is 12.5. The zero-order chi connectivity index (χ0) is 16.0. The van der Waals surface area contributed by atoms with Gasteiger partial charge in [0.2, 0.25) is 10.0 Å². The molecule has 1 atom stereocenters. The normalized spacial score (nSPS) is 13.8. The van der Waals surface area contributed by atoms with Crippen molar-refractivity contribution in [2.75, 3.05) is 20.3 Å². The Bertz CT molecular complexity index is 538. The van der Waals surface area contributed by atoms with Gasteiger partial charge in [-0.2, -0.15) is 0 Å². The number of nitrogens with zero attached hydrogens (tertiary/aromatic N) is 1. The maximum Gasteiger partial charge on any atom is 0.242 e. The van der Waals surface area contributed by atoms with Gasteiger partial charge in [0.25, 0.3) is 0 Å². The summed E-state index contributed by atoms with van der Waals surface area (Å²) in [4.78, 5) is 0.289. The third-order valence-electron chi connectivity index (χ3n) is 3.36. The van der Waals surface area contributed by atoms with Gasteiger partial charge in [0, 0.05) is 38.1 Å². The van der Waals surface area contributed by atoms with E-state index in [-0.39, 0.29) is 16.9 Å². The molecule has 21 heavy (non-hydrogen) atoms. The molecule has 1 heterocycles. The first-order valence-electron chi connectivity index (χ1n) is 7.21. The third kappa shape index (κ3) is 5.10. The molecule has 0 aliphatic carbocycles. The Hall–Kier alpha value is -0.890. The molecule has 0 radical (unpaired) electrons. The number of rotatable bonds is 9. The second-order valence-electron chi connectivity index (χ2n) is 5.44. The molecule has 0 aliphatic heterocycles. The van der Waals surface area contributed by atoms with Crippen molar-refractivity contribution in [3.63, 3.8) is 0 Å². The van der Waals surface area contributed by atoms with E-state index in [9.17, 15) is 8.42 Å². The Balaban J connectivity index is 2.91.